The lowest BCUT2D eigenvalue weighted by molar-refractivity contribution is -0.117. The van der Waals surface area contributed by atoms with E-state index < -0.39 is 10.0 Å². The number of hydrogen-bond acceptors (Lipinski definition) is 6. The molecule has 1 aromatic heterocycles. The molecular formula is C17H21N3O3S3. The Hall–Kier alpha value is -1.39. The molecule has 1 aliphatic rings. The highest BCUT2D eigenvalue weighted by molar-refractivity contribution is 7.98. The van der Waals surface area contributed by atoms with Crippen LogP contribution in [0.2, 0.25) is 0 Å². The molecule has 0 saturated carbocycles. The molecule has 1 saturated heterocycles. The summed E-state index contributed by atoms with van der Waals surface area (Å²) in [5.41, 5.74) is 0.778. The van der Waals surface area contributed by atoms with E-state index in [1.54, 1.807) is 29.3 Å². The Kier molecular flexibility index (Phi) is 6.36. The second-order valence-corrected chi connectivity index (χ2v) is 9.88. The standard InChI is InChI=1S/C17H21N3O3S3/c1-24-15-5-2-4-14(12-15)18-16(21)13-19-7-9-20(10-8-19)26(22,23)17-6-3-11-25-17/h2-6,11-12H,7-10,13H2,1H3,(H,18,21). The number of nitrogens with one attached hydrogen (secondary N) is 1. The van der Waals surface area contributed by atoms with Crippen molar-refractivity contribution in [3.05, 3.63) is 41.8 Å². The van der Waals surface area contributed by atoms with Crippen LogP contribution in [0, 0.1) is 0 Å². The van der Waals surface area contributed by atoms with Gasteiger partial charge in [-0.15, -0.1) is 23.1 Å². The van der Waals surface area contributed by atoms with Crippen molar-refractivity contribution in [2.45, 2.75) is 9.10 Å². The van der Waals surface area contributed by atoms with Crippen LogP contribution in [0.4, 0.5) is 5.69 Å². The van der Waals surface area contributed by atoms with Crippen molar-refractivity contribution in [2.24, 2.45) is 0 Å². The maximum absolute atomic E-state index is 12.5. The van der Waals surface area contributed by atoms with Crippen LogP contribution >= 0.6 is 23.1 Å². The number of thioether (sulfide) groups is 1. The van der Waals surface area contributed by atoms with Crippen molar-refractivity contribution in [3.63, 3.8) is 0 Å². The van der Waals surface area contributed by atoms with Crippen LogP contribution in [0.3, 0.4) is 0 Å². The lowest BCUT2D eigenvalue weighted by atomic mass is 10.3. The normalized spacial score (nSPS) is 16.5. The Morgan fingerprint density at radius 3 is 2.62 bits per heavy atom. The molecule has 1 fully saturated rings. The third-order valence-electron chi connectivity index (χ3n) is 4.14. The highest BCUT2D eigenvalue weighted by Gasteiger charge is 2.29. The molecule has 2 aromatic rings. The van der Waals surface area contributed by atoms with Crippen LogP contribution in [0.25, 0.3) is 0 Å². The SMILES string of the molecule is CSc1cccc(NC(=O)CN2CCN(S(=O)(=O)c3cccs3)CC2)c1. The van der Waals surface area contributed by atoms with Crippen LogP contribution in [-0.2, 0) is 14.8 Å². The van der Waals surface area contributed by atoms with Crippen LogP contribution in [0.5, 0.6) is 0 Å². The van der Waals surface area contributed by atoms with Gasteiger partial charge in [-0.05, 0) is 35.9 Å². The summed E-state index contributed by atoms with van der Waals surface area (Å²) in [6.07, 6.45) is 1.99. The number of carbonyl (C=O) groups is 1. The van der Waals surface area contributed by atoms with Crippen LogP contribution in [0.15, 0.2) is 50.9 Å². The molecular weight excluding hydrogens is 390 g/mol. The molecule has 0 spiro atoms. The highest BCUT2D eigenvalue weighted by atomic mass is 32.2. The van der Waals surface area contributed by atoms with E-state index in [1.807, 2.05) is 35.4 Å². The molecule has 0 unspecified atom stereocenters. The average Bonchev–Trinajstić information content (AvgIpc) is 3.18. The number of rotatable bonds is 6. The van der Waals surface area contributed by atoms with Gasteiger partial charge in [0.1, 0.15) is 4.21 Å². The fourth-order valence-electron chi connectivity index (χ4n) is 2.77. The molecule has 9 heteroatoms. The molecule has 0 aliphatic carbocycles. The minimum atomic E-state index is -3.40. The number of amides is 1. The molecule has 3 rings (SSSR count). The molecule has 26 heavy (non-hydrogen) atoms. The zero-order valence-electron chi connectivity index (χ0n) is 14.4. The number of carbonyl (C=O) groups excluding carboxylic acids is 1. The van der Waals surface area contributed by atoms with E-state index in [9.17, 15) is 13.2 Å². The van der Waals surface area contributed by atoms with E-state index in [4.69, 9.17) is 0 Å². The lowest BCUT2D eigenvalue weighted by Crippen LogP contribution is -2.50. The maximum Gasteiger partial charge on any atom is 0.252 e. The molecule has 1 aromatic carbocycles. The molecule has 2 heterocycles. The minimum absolute atomic E-state index is 0.0854. The van der Waals surface area contributed by atoms with E-state index in [0.29, 0.717) is 30.4 Å². The summed E-state index contributed by atoms with van der Waals surface area (Å²) in [6, 6.07) is 11.1. The number of thiophene rings is 1. The van der Waals surface area contributed by atoms with Crippen LogP contribution in [-0.4, -0.2) is 62.5 Å². The van der Waals surface area contributed by atoms with Crippen molar-refractivity contribution in [1.82, 2.24) is 9.21 Å². The van der Waals surface area contributed by atoms with Gasteiger partial charge in [-0.3, -0.25) is 9.69 Å². The zero-order valence-corrected chi connectivity index (χ0v) is 16.9. The summed E-state index contributed by atoms with van der Waals surface area (Å²) < 4.78 is 26.9. The molecule has 6 nitrogen and oxygen atoms in total. The van der Waals surface area contributed by atoms with Crippen molar-refractivity contribution >= 4 is 44.7 Å². The summed E-state index contributed by atoms with van der Waals surface area (Å²) in [6.45, 7) is 2.15. The van der Waals surface area contributed by atoms with E-state index in [0.717, 1.165) is 10.6 Å². The van der Waals surface area contributed by atoms with E-state index in [-0.39, 0.29) is 12.5 Å². The van der Waals surface area contributed by atoms with Crippen LogP contribution < -0.4 is 5.32 Å². The van der Waals surface area contributed by atoms with Gasteiger partial charge in [-0.2, -0.15) is 4.31 Å². The first-order chi connectivity index (χ1) is 12.5. The second kappa shape index (κ2) is 8.53. The quantitative estimate of drug-likeness (QED) is 0.740. The number of hydrogen-bond donors (Lipinski definition) is 1. The van der Waals surface area contributed by atoms with Crippen molar-refractivity contribution in [2.75, 3.05) is 44.3 Å². The summed E-state index contributed by atoms with van der Waals surface area (Å²) in [5, 5.41) is 4.67. The molecule has 1 N–H and O–H groups in total. The first kappa shape index (κ1) is 19.4. The van der Waals surface area contributed by atoms with Gasteiger partial charge >= 0.3 is 0 Å². The Balaban J connectivity index is 1.51. The summed E-state index contributed by atoms with van der Waals surface area (Å²) in [7, 11) is -3.40. The fourth-order valence-corrected chi connectivity index (χ4v) is 5.80. The monoisotopic (exact) mass is 411 g/mol. The number of sulfonamides is 1. The Morgan fingerprint density at radius 1 is 1.19 bits per heavy atom. The fraction of sp³-hybridized carbons (Fsp3) is 0.353. The van der Waals surface area contributed by atoms with Crippen LogP contribution in [0.1, 0.15) is 0 Å². The predicted molar refractivity (Wildman–Crippen MR) is 106 cm³/mol. The minimum Gasteiger partial charge on any atom is -0.325 e. The number of piperazine rings is 1. The van der Waals surface area contributed by atoms with Gasteiger partial charge in [0.15, 0.2) is 0 Å². The predicted octanol–water partition coefficient (Wildman–Crippen LogP) is 2.42. The van der Waals surface area contributed by atoms with Crippen molar-refractivity contribution < 1.29 is 13.2 Å². The molecule has 1 amide bonds. The van der Waals surface area contributed by atoms with Crippen molar-refractivity contribution in [1.29, 1.82) is 0 Å². The van der Waals surface area contributed by atoms with Gasteiger partial charge in [0.25, 0.3) is 10.0 Å². The lowest BCUT2D eigenvalue weighted by Gasteiger charge is -2.33. The molecule has 140 valence electrons. The Labute approximate surface area is 162 Å². The van der Waals surface area contributed by atoms with Gasteiger partial charge in [0.05, 0.1) is 6.54 Å². The second-order valence-electron chi connectivity index (χ2n) is 5.89. The first-order valence-electron chi connectivity index (χ1n) is 8.19. The Morgan fingerprint density at radius 2 is 1.96 bits per heavy atom. The molecule has 0 atom stereocenters. The summed E-state index contributed by atoms with van der Waals surface area (Å²) in [5.74, 6) is -0.0854. The van der Waals surface area contributed by atoms with Gasteiger partial charge in [-0.25, -0.2) is 8.42 Å². The first-order valence-corrected chi connectivity index (χ1v) is 11.7. The smallest absolute Gasteiger partial charge is 0.252 e. The maximum atomic E-state index is 12.5. The average molecular weight is 412 g/mol. The molecule has 1 aliphatic heterocycles. The third kappa shape index (κ3) is 4.66. The van der Waals surface area contributed by atoms with Crippen molar-refractivity contribution in [3.8, 4) is 0 Å². The van der Waals surface area contributed by atoms with E-state index >= 15 is 0 Å². The summed E-state index contributed by atoms with van der Waals surface area (Å²) >= 11 is 2.85. The number of nitrogens with zero attached hydrogens (tertiary/aromatic N) is 2. The number of anilines is 1. The highest BCUT2D eigenvalue weighted by Crippen LogP contribution is 2.22. The third-order valence-corrected chi connectivity index (χ3v) is 8.14. The summed E-state index contributed by atoms with van der Waals surface area (Å²) in [4.78, 5) is 15.3. The topological polar surface area (TPSA) is 69.7 Å². The Bertz CT molecular complexity index is 845. The molecule has 0 radical (unpaired) electrons. The molecule has 0 bridgehead atoms. The van der Waals surface area contributed by atoms with E-state index in [1.165, 1.54) is 15.6 Å². The number of benzene rings is 1. The largest absolute Gasteiger partial charge is 0.325 e. The van der Waals surface area contributed by atoms with Gasteiger partial charge in [0, 0.05) is 36.8 Å². The van der Waals surface area contributed by atoms with Gasteiger partial charge < -0.3 is 5.32 Å². The van der Waals surface area contributed by atoms with Gasteiger partial charge in [-0.1, -0.05) is 12.1 Å². The zero-order chi connectivity index (χ0) is 18.6. The van der Waals surface area contributed by atoms with E-state index in [2.05, 4.69) is 5.32 Å². The van der Waals surface area contributed by atoms with Gasteiger partial charge in [0.2, 0.25) is 5.91 Å².